The monoisotopic (exact) mass is 382 g/mol. The Morgan fingerprint density at radius 3 is 2.61 bits per heavy atom. The van der Waals surface area contributed by atoms with Gasteiger partial charge in [0.05, 0.1) is 19.8 Å². The third kappa shape index (κ3) is 4.43. The number of hydrogen-bond donors (Lipinski definition) is 2. The van der Waals surface area contributed by atoms with E-state index in [9.17, 15) is 9.59 Å². The Morgan fingerprint density at radius 1 is 1.04 bits per heavy atom. The molecule has 1 amide bonds. The number of rotatable bonds is 8. The molecule has 3 rings (SSSR count). The van der Waals surface area contributed by atoms with E-state index >= 15 is 0 Å². The van der Waals surface area contributed by atoms with Crippen LogP contribution >= 0.6 is 0 Å². The summed E-state index contributed by atoms with van der Waals surface area (Å²) < 4.78 is 15.6. The number of fused-ring (bicyclic) bond motifs is 1. The number of amides is 1. The number of esters is 1. The van der Waals surface area contributed by atoms with Gasteiger partial charge in [-0.25, -0.2) is 4.79 Å². The first kappa shape index (κ1) is 19.3. The van der Waals surface area contributed by atoms with E-state index < -0.39 is 5.97 Å². The minimum Gasteiger partial charge on any atom is -0.493 e. The van der Waals surface area contributed by atoms with Crippen LogP contribution in [0.3, 0.4) is 0 Å². The number of benzene rings is 2. The van der Waals surface area contributed by atoms with Crippen LogP contribution in [0.4, 0.5) is 0 Å². The van der Waals surface area contributed by atoms with Gasteiger partial charge in [-0.2, -0.15) is 0 Å². The Kier molecular flexibility index (Phi) is 6.16. The highest BCUT2D eigenvalue weighted by molar-refractivity contribution is 6.04. The van der Waals surface area contributed by atoms with Crippen LogP contribution < -0.4 is 14.8 Å². The lowest BCUT2D eigenvalue weighted by Gasteiger charge is -2.10. The predicted molar refractivity (Wildman–Crippen MR) is 105 cm³/mol. The third-order valence-electron chi connectivity index (χ3n) is 4.33. The van der Waals surface area contributed by atoms with E-state index in [1.165, 1.54) is 0 Å². The lowest BCUT2D eigenvalue weighted by atomic mass is 10.1. The van der Waals surface area contributed by atoms with Crippen LogP contribution in [0.2, 0.25) is 0 Å². The SMILES string of the molecule is COc1ccc(CCNC(=O)COC(=O)c2c[nH]c3ccccc23)cc1OC. The number of para-hydroxylation sites is 1. The number of nitrogens with one attached hydrogen (secondary N) is 2. The summed E-state index contributed by atoms with van der Waals surface area (Å²) >= 11 is 0. The van der Waals surface area contributed by atoms with Gasteiger partial charge in [0.2, 0.25) is 0 Å². The quantitative estimate of drug-likeness (QED) is 0.585. The number of aromatic amines is 1. The van der Waals surface area contributed by atoms with Crippen molar-refractivity contribution in [3.63, 3.8) is 0 Å². The van der Waals surface area contributed by atoms with Gasteiger partial charge in [-0.3, -0.25) is 4.79 Å². The van der Waals surface area contributed by atoms with Gasteiger partial charge in [0, 0.05) is 23.6 Å². The van der Waals surface area contributed by atoms with Gasteiger partial charge in [0.15, 0.2) is 18.1 Å². The molecule has 7 heteroatoms. The second-order valence-electron chi connectivity index (χ2n) is 6.11. The van der Waals surface area contributed by atoms with Crippen LogP contribution in [0.5, 0.6) is 11.5 Å². The van der Waals surface area contributed by atoms with Crippen LogP contribution in [0, 0.1) is 0 Å². The van der Waals surface area contributed by atoms with Gasteiger partial charge in [-0.15, -0.1) is 0 Å². The summed E-state index contributed by atoms with van der Waals surface area (Å²) in [6, 6.07) is 13.0. The molecular formula is C21H22N2O5. The molecule has 0 bridgehead atoms. The first-order valence-electron chi connectivity index (χ1n) is 8.83. The summed E-state index contributed by atoms with van der Waals surface area (Å²) in [6.45, 7) is 0.0865. The number of ether oxygens (including phenoxy) is 3. The fourth-order valence-electron chi connectivity index (χ4n) is 2.88. The van der Waals surface area contributed by atoms with Crippen molar-refractivity contribution in [2.45, 2.75) is 6.42 Å². The summed E-state index contributed by atoms with van der Waals surface area (Å²) in [6.07, 6.45) is 2.20. The molecular weight excluding hydrogens is 360 g/mol. The molecule has 0 spiro atoms. The third-order valence-corrected chi connectivity index (χ3v) is 4.33. The highest BCUT2D eigenvalue weighted by Gasteiger charge is 2.14. The van der Waals surface area contributed by atoms with Gasteiger partial charge in [0.1, 0.15) is 0 Å². The van der Waals surface area contributed by atoms with E-state index in [4.69, 9.17) is 14.2 Å². The second kappa shape index (κ2) is 8.94. The number of aromatic nitrogens is 1. The highest BCUT2D eigenvalue weighted by atomic mass is 16.5. The Balaban J connectivity index is 1.46. The molecule has 0 aliphatic carbocycles. The Bertz CT molecular complexity index is 980. The zero-order valence-electron chi connectivity index (χ0n) is 15.8. The molecule has 1 aromatic heterocycles. The molecule has 0 saturated carbocycles. The van der Waals surface area contributed by atoms with Crippen molar-refractivity contribution in [2.24, 2.45) is 0 Å². The van der Waals surface area contributed by atoms with Crippen molar-refractivity contribution in [3.8, 4) is 11.5 Å². The van der Waals surface area contributed by atoms with Crippen molar-refractivity contribution < 1.29 is 23.8 Å². The minimum atomic E-state index is -0.535. The largest absolute Gasteiger partial charge is 0.493 e. The summed E-state index contributed by atoms with van der Waals surface area (Å²) in [5.74, 6) is 0.402. The number of carbonyl (C=O) groups excluding carboxylic acids is 2. The van der Waals surface area contributed by atoms with Crippen molar-refractivity contribution in [1.82, 2.24) is 10.3 Å². The molecule has 28 heavy (non-hydrogen) atoms. The van der Waals surface area contributed by atoms with E-state index in [2.05, 4.69) is 10.3 Å². The van der Waals surface area contributed by atoms with E-state index in [0.29, 0.717) is 30.0 Å². The van der Waals surface area contributed by atoms with Gasteiger partial charge >= 0.3 is 5.97 Å². The van der Waals surface area contributed by atoms with Crippen LogP contribution in [0.25, 0.3) is 10.9 Å². The minimum absolute atomic E-state index is 0.329. The molecule has 0 saturated heterocycles. The smallest absolute Gasteiger partial charge is 0.340 e. The van der Waals surface area contributed by atoms with E-state index in [1.54, 1.807) is 20.4 Å². The molecule has 0 aliphatic heterocycles. The fourth-order valence-corrected chi connectivity index (χ4v) is 2.88. The fraction of sp³-hybridized carbons (Fsp3) is 0.238. The van der Waals surface area contributed by atoms with Gasteiger partial charge < -0.3 is 24.5 Å². The maximum atomic E-state index is 12.2. The average molecular weight is 382 g/mol. The average Bonchev–Trinajstić information content (AvgIpc) is 3.16. The maximum Gasteiger partial charge on any atom is 0.340 e. The first-order chi connectivity index (χ1) is 13.6. The Morgan fingerprint density at radius 2 is 1.82 bits per heavy atom. The second-order valence-corrected chi connectivity index (χ2v) is 6.11. The normalized spacial score (nSPS) is 10.5. The van der Waals surface area contributed by atoms with Crippen LogP contribution in [0.15, 0.2) is 48.7 Å². The topological polar surface area (TPSA) is 89.6 Å². The van der Waals surface area contributed by atoms with Crippen LogP contribution in [-0.2, 0) is 16.0 Å². The molecule has 0 radical (unpaired) electrons. The summed E-state index contributed by atoms with van der Waals surface area (Å²) in [4.78, 5) is 27.2. The molecule has 146 valence electrons. The number of methoxy groups -OCH3 is 2. The van der Waals surface area contributed by atoms with Crippen molar-refractivity contribution in [3.05, 3.63) is 59.8 Å². The summed E-state index contributed by atoms with van der Waals surface area (Å²) in [7, 11) is 3.15. The van der Waals surface area contributed by atoms with Crippen molar-refractivity contribution in [2.75, 3.05) is 27.4 Å². The molecule has 2 aromatic carbocycles. The zero-order valence-corrected chi connectivity index (χ0v) is 15.8. The Labute approximate surface area is 162 Å². The molecule has 3 aromatic rings. The van der Waals surface area contributed by atoms with Gasteiger partial charge in [-0.1, -0.05) is 24.3 Å². The summed E-state index contributed by atoms with van der Waals surface area (Å²) in [5.41, 5.74) is 2.25. The molecule has 1 heterocycles. The van der Waals surface area contributed by atoms with Crippen molar-refractivity contribution >= 4 is 22.8 Å². The van der Waals surface area contributed by atoms with E-state index in [0.717, 1.165) is 16.5 Å². The maximum absolute atomic E-state index is 12.2. The van der Waals surface area contributed by atoms with Crippen LogP contribution in [-0.4, -0.2) is 44.2 Å². The standard InChI is InChI=1S/C21H22N2O5/c1-26-18-8-7-14(11-19(18)27-2)9-10-22-20(24)13-28-21(25)16-12-23-17-6-4-3-5-15(16)17/h3-8,11-12,23H,9-10,13H2,1-2H3,(H,22,24). The number of carbonyl (C=O) groups is 2. The molecule has 7 nitrogen and oxygen atoms in total. The summed E-state index contributed by atoms with van der Waals surface area (Å²) in [5, 5.41) is 3.50. The lowest BCUT2D eigenvalue weighted by Crippen LogP contribution is -2.30. The lowest BCUT2D eigenvalue weighted by molar-refractivity contribution is -0.124. The Hall–Kier alpha value is -3.48. The molecule has 0 aliphatic rings. The predicted octanol–water partition coefficient (Wildman–Crippen LogP) is 2.70. The van der Waals surface area contributed by atoms with Crippen molar-refractivity contribution in [1.29, 1.82) is 0 Å². The molecule has 0 unspecified atom stereocenters. The van der Waals surface area contributed by atoms with E-state index in [1.807, 2.05) is 42.5 Å². The van der Waals surface area contributed by atoms with Crippen LogP contribution in [0.1, 0.15) is 15.9 Å². The van der Waals surface area contributed by atoms with Gasteiger partial charge in [0.25, 0.3) is 5.91 Å². The molecule has 2 N–H and O–H groups in total. The number of hydrogen-bond acceptors (Lipinski definition) is 5. The molecule has 0 fully saturated rings. The van der Waals surface area contributed by atoms with E-state index in [-0.39, 0.29) is 12.5 Å². The zero-order chi connectivity index (χ0) is 19.9. The first-order valence-corrected chi connectivity index (χ1v) is 8.83. The number of H-pyrrole nitrogens is 1. The van der Waals surface area contributed by atoms with Gasteiger partial charge in [-0.05, 0) is 30.2 Å². The highest BCUT2D eigenvalue weighted by Crippen LogP contribution is 2.27. The molecule has 0 atom stereocenters.